The van der Waals surface area contributed by atoms with Gasteiger partial charge < -0.3 is 5.73 Å². The molecule has 0 atom stereocenters. The number of hydrogen-bond donors (Lipinski definition) is 1. The van der Waals surface area contributed by atoms with Gasteiger partial charge in [0.25, 0.3) is 5.91 Å². The first-order valence-corrected chi connectivity index (χ1v) is 5.78. The molecule has 1 aromatic heterocycles. The molecule has 0 aliphatic carbocycles. The first-order chi connectivity index (χ1) is 7.56. The lowest BCUT2D eigenvalue weighted by Crippen LogP contribution is -2.16. The number of aromatic nitrogens is 3. The molecule has 1 rings (SSSR count). The smallest absolute Gasteiger partial charge is 0.271 e. The normalized spacial score (nSPS) is 11.0. The van der Waals surface area contributed by atoms with Gasteiger partial charge in [-0.3, -0.25) is 4.79 Å². The largest absolute Gasteiger partial charge is 0.364 e. The second-order valence-electron chi connectivity index (χ2n) is 4.40. The predicted octanol–water partition coefficient (Wildman–Crippen LogP) is 1.38. The van der Waals surface area contributed by atoms with Crippen LogP contribution in [0.4, 0.5) is 0 Å². The molecular formula is C11H20N4O. The van der Waals surface area contributed by atoms with Gasteiger partial charge in [0.05, 0.1) is 5.69 Å². The second kappa shape index (κ2) is 5.63. The van der Waals surface area contributed by atoms with Crippen LogP contribution in [0.3, 0.4) is 0 Å². The summed E-state index contributed by atoms with van der Waals surface area (Å²) in [6.45, 7) is 7.15. The van der Waals surface area contributed by atoms with E-state index in [0.717, 1.165) is 31.5 Å². The number of carbonyl (C=O) groups is 1. The molecule has 16 heavy (non-hydrogen) atoms. The van der Waals surface area contributed by atoms with Crippen LogP contribution < -0.4 is 5.73 Å². The van der Waals surface area contributed by atoms with E-state index < -0.39 is 5.91 Å². The number of hydrogen-bond acceptors (Lipinski definition) is 3. The lowest BCUT2D eigenvalue weighted by atomic mass is 10.1. The highest BCUT2D eigenvalue weighted by molar-refractivity contribution is 5.91. The maximum absolute atomic E-state index is 11.2. The van der Waals surface area contributed by atoms with Gasteiger partial charge >= 0.3 is 0 Å². The summed E-state index contributed by atoms with van der Waals surface area (Å²) in [5.41, 5.74) is 6.48. The summed E-state index contributed by atoms with van der Waals surface area (Å²) in [5.74, 6) is 0.104. The van der Waals surface area contributed by atoms with Crippen LogP contribution in [0.1, 0.15) is 49.8 Å². The topological polar surface area (TPSA) is 73.8 Å². The monoisotopic (exact) mass is 224 g/mol. The molecule has 0 radical (unpaired) electrons. The quantitative estimate of drug-likeness (QED) is 0.793. The number of rotatable bonds is 6. The molecule has 1 heterocycles. The van der Waals surface area contributed by atoms with E-state index in [0.29, 0.717) is 11.6 Å². The van der Waals surface area contributed by atoms with Crippen molar-refractivity contribution in [1.82, 2.24) is 15.0 Å². The zero-order valence-electron chi connectivity index (χ0n) is 10.2. The van der Waals surface area contributed by atoms with Crippen LogP contribution in [-0.4, -0.2) is 20.9 Å². The van der Waals surface area contributed by atoms with Crippen molar-refractivity contribution in [1.29, 1.82) is 0 Å². The van der Waals surface area contributed by atoms with E-state index in [9.17, 15) is 4.79 Å². The summed E-state index contributed by atoms with van der Waals surface area (Å²) >= 11 is 0. The maximum Gasteiger partial charge on any atom is 0.271 e. The molecule has 0 spiro atoms. The minimum absolute atomic E-state index is 0.328. The number of nitrogens with two attached hydrogens (primary N) is 1. The molecule has 0 aromatic carbocycles. The summed E-state index contributed by atoms with van der Waals surface area (Å²) in [6, 6.07) is 0. The van der Waals surface area contributed by atoms with E-state index in [1.54, 1.807) is 4.68 Å². The van der Waals surface area contributed by atoms with Crippen molar-refractivity contribution in [2.24, 2.45) is 11.7 Å². The van der Waals surface area contributed by atoms with Crippen molar-refractivity contribution in [3.05, 3.63) is 11.4 Å². The van der Waals surface area contributed by atoms with E-state index in [1.807, 2.05) is 0 Å². The highest BCUT2D eigenvalue weighted by Crippen LogP contribution is 2.12. The van der Waals surface area contributed by atoms with E-state index in [2.05, 4.69) is 31.1 Å². The molecule has 1 amide bonds. The number of amides is 1. The Morgan fingerprint density at radius 3 is 2.69 bits per heavy atom. The highest BCUT2D eigenvalue weighted by Gasteiger charge is 2.16. The van der Waals surface area contributed by atoms with E-state index in [-0.39, 0.29) is 0 Å². The fraction of sp³-hybridized carbons (Fsp3) is 0.727. The summed E-state index contributed by atoms with van der Waals surface area (Å²) in [7, 11) is 0. The molecule has 2 N–H and O–H groups in total. The minimum atomic E-state index is -0.485. The average Bonchev–Trinajstić information content (AvgIpc) is 2.58. The molecule has 0 unspecified atom stereocenters. The van der Waals surface area contributed by atoms with Gasteiger partial charge in [0.15, 0.2) is 5.69 Å². The van der Waals surface area contributed by atoms with Crippen molar-refractivity contribution >= 4 is 5.91 Å². The Morgan fingerprint density at radius 1 is 1.50 bits per heavy atom. The van der Waals surface area contributed by atoms with Gasteiger partial charge in [-0.2, -0.15) is 0 Å². The highest BCUT2D eigenvalue weighted by atomic mass is 16.1. The molecule has 5 heteroatoms. The zero-order chi connectivity index (χ0) is 12.1. The van der Waals surface area contributed by atoms with Gasteiger partial charge in [-0.25, -0.2) is 4.68 Å². The molecule has 5 nitrogen and oxygen atoms in total. The van der Waals surface area contributed by atoms with Crippen molar-refractivity contribution in [2.75, 3.05) is 0 Å². The first-order valence-electron chi connectivity index (χ1n) is 5.78. The Morgan fingerprint density at radius 2 is 2.19 bits per heavy atom. The van der Waals surface area contributed by atoms with Crippen LogP contribution in [0.5, 0.6) is 0 Å². The molecule has 90 valence electrons. The molecule has 0 bridgehead atoms. The van der Waals surface area contributed by atoms with Crippen LogP contribution in [0.15, 0.2) is 0 Å². The number of nitrogens with zero attached hydrogens (tertiary/aromatic N) is 3. The third-order valence-corrected chi connectivity index (χ3v) is 2.46. The molecule has 1 aromatic rings. The van der Waals surface area contributed by atoms with Crippen LogP contribution in [0.25, 0.3) is 0 Å². The predicted molar refractivity (Wildman–Crippen MR) is 62.0 cm³/mol. The summed E-state index contributed by atoms with van der Waals surface area (Å²) in [4.78, 5) is 11.2. The van der Waals surface area contributed by atoms with Crippen molar-refractivity contribution in [3.8, 4) is 0 Å². The zero-order valence-corrected chi connectivity index (χ0v) is 10.2. The average molecular weight is 224 g/mol. The minimum Gasteiger partial charge on any atom is -0.364 e. The molecule has 0 aliphatic heterocycles. The fourth-order valence-corrected chi connectivity index (χ4v) is 1.59. The third-order valence-electron chi connectivity index (χ3n) is 2.46. The van der Waals surface area contributed by atoms with Gasteiger partial charge in [0.2, 0.25) is 0 Å². The fourth-order valence-electron chi connectivity index (χ4n) is 1.59. The first kappa shape index (κ1) is 12.7. The van der Waals surface area contributed by atoms with E-state index in [1.165, 1.54) is 0 Å². The summed E-state index contributed by atoms with van der Waals surface area (Å²) < 4.78 is 1.79. The van der Waals surface area contributed by atoms with Crippen molar-refractivity contribution in [2.45, 2.75) is 46.6 Å². The van der Waals surface area contributed by atoms with Crippen LogP contribution in [-0.2, 0) is 13.0 Å². The Balaban J connectivity index is 2.89. The Kier molecular flexibility index (Phi) is 4.46. The lowest BCUT2D eigenvalue weighted by Gasteiger charge is -2.07. The molecule has 0 aliphatic rings. The Hall–Kier alpha value is -1.39. The van der Waals surface area contributed by atoms with Crippen LogP contribution in [0.2, 0.25) is 0 Å². The van der Waals surface area contributed by atoms with E-state index >= 15 is 0 Å². The van der Waals surface area contributed by atoms with E-state index in [4.69, 9.17) is 5.73 Å². The van der Waals surface area contributed by atoms with Gasteiger partial charge in [0, 0.05) is 6.54 Å². The van der Waals surface area contributed by atoms with Gasteiger partial charge in [-0.15, -0.1) is 5.10 Å². The van der Waals surface area contributed by atoms with Crippen molar-refractivity contribution < 1.29 is 4.79 Å². The number of aryl methyl sites for hydroxylation is 1. The standard InChI is InChI=1S/C11H20N4O/c1-4-7-15-9(6-5-8(2)3)10(11(12)16)13-14-15/h8H,4-7H2,1-3H3,(H2,12,16). The molecule has 0 saturated heterocycles. The summed E-state index contributed by atoms with van der Waals surface area (Å²) in [5, 5.41) is 7.82. The van der Waals surface area contributed by atoms with Gasteiger partial charge in [0.1, 0.15) is 0 Å². The van der Waals surface area contributed by atoms with Gasteiger partial charge in [-0.05, 0) is 25.2 Å². The molecule has 0 fully saturated rings. The number of carbonyl (C=O) groups excluding carboxylic acids is 1. The summed E-state index contributed by atoms with van der Waals surface area (Å²) in [6.07, 6.45) is 2.79. The SMILES string of the molecule is CCCn1nnc(C(N)=O)c1CCC(C)C. The van der Waals surface area contributed by atoms with Crippen molar-refractivity contribution in [3.63, 3.8) is 0 Å². The maximum atomic E-state index is 11.2. The van der Waals surface area contributed by atoms with Crippen LogP contribution >= 0.6 is 0 Å². The Bertz CT molecular complexity index is 357. The lowest BCUT2D eigenvalue weighted by molar-refractivity contribution is 0.0994. The van der Waals surface area contributed by atoms with Gasteiger partial charge in [-0.1, -0.05) is 26.0 Å². The molecular weight excluding hydrogens is 204 g/mol. The number of primary amides is 1. The Labute approximate surface area is 96.0 Å². The van der Waals surface area contributed by atoms with Crippen LogP contribution in [0, 0.1) is 5.92 Å². The third kappa shape index (κ3) is 3.05. The molecule has 0 saturated carbocycles. The second-order valence-corrected chi connectivity index (χ2v) is 4.40.